The first kappa shape index (κ1) is 18.4. The molecule has 0 saturated heterocycles. The van der Waals surface area contributed by atoms with Crippen molar-refractivity contribution in [1.29, 1.82) is 0 Å². The van der Waals surface area contributed by atoms with E-state index in [1.807, 2.05) is 44.2 Å². The summed E-state index contributed by atoms with van der Waals surface area (Å²) in [4.78, 5) is 27.1. The van der Waals surface area contributed by atoms with Gasteiger partial charge >= 0.3 is 5.97 Å². The molecule has 0 fully saturated rings. The van der Waals surface area contributed by atoms with Gasteiger partial charge in [-0.15, -0.1) is 0 Å². The molecular formula is C19H23N3O3. The van der Waals surface area contributed by atoms with Crippen molar-refractivity contribution < 1.29 is 14.7 Å². The van der Waals surface area contributed by atoms with Gasteiger partial charge in [-0.2, -0.15) is 0 Å². The van der Waals surface area contributed by atoms with Gasteiger partial charge < -0.3 is 15.7 Å². The summed E-state index contributed by atoms with van der Waals surface area (Å²) in [6.07, 6.45) is 2.11. The van der Waals surface area contributed by atoms with E-state index in [0.29, 0.717) is 18.7 Å². The summed E-state index contributed by atoms with van der Waals surface area (Å²) in [6.45, 7) is 4.28. The molecule has 1 heterocycles. The van der Waals surface area contributed by atoms with Crippen molar-refractivity contribution in [2.45, 2.75) is 38.8 Å². The Morgan fingerprint density at radius 3 is 2.56 bits per heavy atom. The van der Waals surface area contributed by atoms with Crippen molar-refractivity contribution in [2.75, 3.05) is 5.32 Å². The summed E-state index contributed by atoms with van der Waals surface area (Å²) < 4.78 is 0. The number of carbonyl (C=O) groups is 2. The van der Waals surface area contributed by atoms with Gasteiger partial charge in [0.2, 0.25) is 0 Å². The van der Waals surface area contributed by atoms with Gasteiger partial charge in [0.05, 0.1) is 0 Å². The number of rotatable bonds is 8. The van der Waals surface area contributed by atoms with E-state index in [4.69, 9.17) is 5.11 Å². The van der Waals surface area contributed by atoms with Gasteiger partial charge in [-0.25, -0.2) is 0 Å². The Kier molecular flexibility index (Phi) is 6.11. The predicted octanol–water partition coefficient (Wildman–Crippen LogP) is 3.07. The molecular weight excluding hydrogens is 318 g/mol. The molecule has 0 aliphatic rings. The van der Waals surface area contributed by atoms with Crippen molar-refractivity contribution >= 4 is 17.6 Å². The maximum atomic E-state index is 12.3. The van der Waals surface area contributed by atoms with E-state index in [0.717, 1.165) is 11.3 Å². The molecule has 3 N–H and O–H groups in total. The van der Waals surface area contributed by atoms with Crippen LogP contribution >= 0.6 is 0 Å². The van der Waals surface area contributed by atoms with Gasteiger partial charge in [0.25, 0.3) is 5.91 Å². The van der Waals surface area contributed by atoms with Crippen LogP contribution in [0, 0.1) is 0 Å². The van der Waals surface area contributed by atoms with Crippen LogP contribution in [0.5, 0.6) is 0 Å². The number of amides is 1. The zero-order valence-electron chi connectivity index (χ0n) is 14.5. The molecule has 25 heavy (non-hydrogen) atoms. The summed E-state index contributed by atoms with van der Waals surface area (Å²) in [5, 5.41) is 14.9. The first-order valence-corrected chi connectivity index (χ1v) is 8.14. The highest BCUT2D eigenvalue weighted by Gasteiger charge is 2.19. The minimum Gasteiger partial charge on any atom is -0.481 e. The number of hydrogen-bond donors (Lipinski definition) is 3. The van der Waals surface area contributed by atoms with Crippen LogP contribution in [0.1, 0.15) is 42.7 Å². The van der Waals surface area contributed by atoms with Crippen molar-refractivity contribution in [3.63, 3.8) is 0 Å². The van der Waals surface area contributed by atoms with Crippen LogP contribution in [0.3, 0.4) is 0 Å². The first-order chi connectivity index (χ1) is 11.9. The smallest absolute Gasteiger partial charge is 0.303 e. The number of carboxylic acids is 1. The first-order valence-electron chi connectivity index (χ1n) is 8.14. The Morgan fingerprint density at radius 1 is 1.16 bits per heavy atom. The monoisotopic (exact) mass is 341 g/mol. The lowest BCUT2D eigenvalue weighted by Gasteiger charge is -2.27. The molecule has 6 heteroatoms. The number of anilines is 1. The highest BCUT2D eigenvalue weighted by Crippen LogP contribution is 2.20. The number of nitrogens with one attached hydrogen (secondary N) is 2. The SMILES string of the molecule is CC(C)(CCC(=O)O)Nc1ccnc(C(=O)NCc2ccccc2)c1. The number of benzene rings is 1. The van der Waals surface area contributed by atoms with Crippen molar-refractivity contribution in [3.05, 3.63) is 59.9 Å². The second-order valence-electron chi connectivity index (χ2n) is 6.50. The molecule has 1 aromatic heterocycles. The fourth-order valence-electron chi connectivity index (χ4n) is 2.37. The van der Waals surface area contributed by atoms with Gasteiger partial charge in [0.1, 0.15) is 5.69 Å². The number of carboxylic acid groups (broad SMARTS) is 1. The van der Waals surface area contributed by atoms with E-state index < -0.39 is 11.5 Å². The Bertz CT molecular complexity index is 730. The van der Waals surface area contributed by atoms with Crippen LogP contribution in [-0.2, 0) is 11.3 Å². The number of pyridine rings is 1. The number of hydrogen-bond acceptors (Lipinski definition) is 4. The summed E-state index contributed by atoms with van der Waals surface area (Å²) >= 11 is 0. The molecule has 132 valence electrons. The fraction of sp³-hybridized carbons (Fsp3) is 0.316. The van der Waals surface area contributed by atoms with Crippen LogP contribution in [0.4, 0.5) is 5.69 Å². The lowest BCUT2D eigenvalue weighted by molar-refractivity contribution is -0.137. The maximum Gasteiger partial charge on any atom is 0.303 e. The zero-order chi connectivity index (χ0) is 18.3. The maximum absolute atomic E-state index is 12.3. The topological polar surface area (TPSA) is 91.3 Å². The Labute approximate surface area is 147 Å². The molecule has 0 aliphatic carbocycles. The second kappa shape index (κ2) is 8.28. The largest absolute Gasteiger partial charge is 0.481 e. The van der Waals surface area contributed by atoms with Crippen LogP contribution in [0.25, 0.3) is 0 Å². The van der Waals surface area contributed by atoms with E-state index in [1.54, 1.807) is 18.3 Å². The predicted molar refractivity (Wildman–Crippen MR) is 96.4 cm³/mol. The van der Waals surface area contributed by atoms with E-state index in [1.165, 1.54) is 0 Å². The van der Waals surface area contributed by atoms with Crippen LogP contribution < -0.4 is 10.6 Å². The highest BCUT2D eigenvalue weighted by molar-refractivity contribution is 5.93. The molecule has 0 bridgehead atoms. The molecule has 0 radical (unpaired) electrons. The third-order valence-electron chi connectivity index (χ3n) is 3.74. The third kappa shape index (κ3) is 6.25. The standard InChI is InChI=1S/C19H23N3O3/c1-19(2,10-8-17(23)24)22-15-9-11-20-16(12-15)18(25)21-13-14-6-4-3-5-7-14/h3-7,9,11-12H,8,10,13H2,1-2H3,(H,20,22)(H,21,25)(H,23,24). The quantitative estimate of drug-likeness (QED) is 0.686. The number of nitrogens with zero attached hydrogens (tertiary/aromatic N) is 1. The van der Waals surface area contributed by atoms with E-state index >= 15 is 0 Å². The average Bonchev–Trinajstić information content (AvgIpc) is 2.59. The summed E-state index contributed by atoms with van der Waals surface area (Å²) in [5.74, 6) is -1.08. The Morgan fingerprint density at radius 2 is 1.88 bits per heavy atom. The fourth-order valence-corrected chi connectivity index (χ4v) is 2.37. The molecule has 6 nitrogen and oxygen atoms in total. The highest BCUT2D eigenvalue weighted by atomic mass is 16.4. The van der Waals surface area contributed by atoms with Crippen molar-refractivity contribution in [1.82, 2.24) is 10.3 Å². The molecule has 1 aromatic carbocycles. The number of carbonyl (C=O) groups excluding carboxylic acids is 1. The molecule has 2 aromatic rings. The summed E-state index contributed by atoms with van der Waals surface area (Å²) in [7, 11) is 0. The van der Waals surface area contributed by atoms with Gasteiger partial charge in [-0.1, -0.05) is 30.3 Å². The Balaban J connectivity index is 1.97. The number of aromatic nitrogens is 1. The third-order valence-corrected chi connectivity index (χ3v) is 3.74. The van der Waals surface area contributed by atoms with Gasteiger partial charge in [0, 0.05) is 30.4 Å². The van der Waals surface area contributed by atoms with Crippen LogP contribution in [-0.4, -0.2) is 27.5 Å². The molecule has 0 aliphatic heterocycles. The van der Waals surface area contributed by atoms with E-state index in [2.05, 4.69) is 15.6 Å². The minimum atomic E-state index is -0.828. The number of aliphatic carboxylic acids is 1. The molecule has 2 rings (SSSR count). The lowest BCUT2D eigenvalue weighted by Crippen LogP contribution is -2.32. The van der Waals surface area contributed by atoms with Gasteiger partial charge in [0.15, 0.2) is 0 Å². The molecule has 0 atom stereocenters. The van der Waals surface area contributed by atoms with Gasteiger partial charge in [-0.3, -0.25) is 14.6 Å². The average molecular weight is 341 g/mol. The van der Waals surface area contributed by atoms with Gasteiger partial charge in [-0.05, 0) is 38.0 Å². The van der Waals surface area contributed by atoms with Crippen LogP contribution in [0.2, 0.25) is 0 Å². The van der Waals surface area contributed by atoms with Crippen molar-refractivity contribution in [3.8, 4) is 0 Å². The van der Waals surface area contributed by atoms with E-state index in [9.17, 15) is 9.59 Å². The molecule has 0 spiro atoms. The zero-order valence-corrected chi connectivity index (χ0v) is 14.5. The van der Waals surface area contributed by atoms with E-state index in [-0.39, 0.29) is 12.3 Å². The minimum absolute atomic E-state index is 0.0789. The second-order valence-corrected chi connectivity index (χ2v) is 6.50. The Hall–Kier alpha value is -2.89. The summed E-state index contributed by atoms with van der Waals surface area (Å²) in [5.41, 5.74) is 1.66. The lowest BCUT2D eigenvalue weighted by atomic mass is 9.98. The van der Waals surface area contributed by atoms with Crippen LogP contribution in [0.15, 0.2) is 48.7 Å². The van der Waals surface area contributed by atoms with Crippen molar-refractivity contribution in [2.24, 2.45) is 0 Å². The molecule has 0 saturated carbocycles. The molecule has 0 unspecified atom stereocenters. The normalized spacial score (nSPS) is 11.0. The molecule has 1 amide bonds. The summed E-state index contributed by atoms with van der Waals surface area (Å²) in [6, 6.07) is 13.1.